The van der Waals surface area contributed by atoms with E-state index < -0.39 is 22.8 Å². The first-order valence-corrected chi connectivity index (χ1v) is 12.7. The minimum absolute atomic E-state index is 0. The largest absolute Gasteiger partial charge is 0.466 e. The molecule has 0 spiro atoms. The van der Waals surface area contributed by atoms with Crippen LogP contribution in [0.4, 0.5) is 5.69 Å². The van der Waals surface area contributed by atoms with Crippen LogP contribution in [0.1, 0.15) is 46.1 Å². The highest BCUT2D eigenvalue weighted by Crippen LogP contribution is 2.40. The highest BCUT2D eigenvalue weighted by Gasteiger charge is 2.39. The molecule has 40 heavy (non-hydrogen) atoms. The van der Waals surface area contributed by atoms with Gasteiger partial charge in [-0.05, 0) is 32.5 Å². The summed E-state index contributed by atoms with van der Waals surface area (Å²) in [5.41, 5.74) is 1.46. The van der Waals surface area contributed by atoms with E-state index in [1.165, 1.54) is 25.3 Å². The van der Waals surface area contributed by atoms with E-state index >= 15 is 0 Å². The summed E-state index contributed by atoms with van der Waals surface area (Å²) in [6, 6.07) is 5.95. The summed E-state index contributed by atoms with van der Waals surface area (Å²) in [4.78, 5) is 42.0. The Balaban J connectivity index is 0.00000400. The Morgan fingerprint density at radius 1 is 1.10 bits per heavy atom. The monoisotopic (exact) mass is 598 g/mol. The van der Waals surface area contributed by atoms with Gasteiger partial charge < -0.3 is 19.7 Å². The van der Waals surface area contributed by atoms with Gasteiger partial charge in [0, 0.05) is 61.7 Å². The van der Waals surface area contributed by atoms with Crippen LogP contribution < -0.4 is 5.32 Å². The van der Waals surface area contributed by atoms with Gasteiger partial charge in [0.15, 0.2) is 0 Å². The fourth-order valence-corrected chi connectivity index (χ4v) is 5.07. The number of nitrogens with one attached hydrogen (secondary N) is 1. The summed E-state index contributed by atoms with van der Waals surface area (Å²) in [5.74, 6) is -2.08. The van der Waals surface area contributed by atoms with Crippen molar-refractivity contribution in [1.29, 1.82) is 0 Å². The van der Waals surface area contributed by atoms with E-state index in [9.17, 15) is 19.7 Å². The molecule has 2 aliphatic rings. The lowest BCUT2D eigenvalue weighted by atomic mass is 9.80. The lowest BCUT2D eigenvalue weighted by molar-refractivity contribution is -0.384. The lowest BCUT2D eigenvalue weighted by Crippen LogP contribution is -2.48. The zero-order valence-electron chi connectivity index (χ0n) is 23.9. The van der Waals surface area contributed by atoms with Crippen molar-refractivity contribution < 1.29 is 24.0 Å². The van der Waals surface area contributed by atoms with Crippen molar-refractivity contribution in [2.45, 2.75) is 40.5 Å². The topological polar surface area (TPSA) is 114 Å². The molecular weight excluding hydrogens is 559 g/mol. The van der Waals surface area contributed by atoms with Crippen molar-refractivity contribution in [3.8, 4) is 0 Å². The third kappa shape index (κ3) is 8.46. The summed E-state index contributed by atoms with van der Waals surface area (Å²) in [5, 5.41) is 14.5. The van der Waals surface area contributed by atoms with Crippen molar-refractivity contribution in [3.05, 3.63) is 74.8 Å². The molecule has 1 aromatic rings. The van der Waals surface area contributed by atoms with Gasteiger partial charge in [-0.1, -0.05) is 32.1 Å². The highest BCUT2D eigenvalue weighted by atomic mass is 35.5. The molecule has 1 saturated heterocycles. The number of esters is 2. The highest BCUT2D eigenvalue weighted by molar-refractivity contribution is 5.99. The maximum absolute atomic E-state index is 13.6. The molecule has 2 heterocycles. The van der Waals surface area contributed by atoms with Gasteiger partial charge in [-0.25, -0.2) is 9.59 Å². The molecular formula is C28H40Cl2N4O6. The first-order valence-electron chi connectivity index (χ1n) is 12.7. The maximum atomic E-state index is 13.6. The standard InChI is InChI=1S/C28H38N4O6.2ClH/c1-7-11-30-12-14-31(15-13-30)17-28(4,5)18-38-27(34)24-20(3)29-19(2)23(26(33)37-6)25(24)21-9-8-10-22(16-21)32(35)36;;/h7-11,16,25,29H,12-15,17-18H2,1-6H3;2*1H/b11-7-;;. The van der Waals surface area contributed by atoms with Crippen LogP contribution in [0, 0.1) is 15.5 Å². The minimum atomic E-state index is -0.876. The number of ether oxygens (including phenoxy) is 2. The summed E-state index contributed by atoms with van der Waals surface area (Å²) in [6.07, 6.45) is 4.15. The molecule has 1 fully saturated rings. The van der Waals surface area contributed by atoms with Gasteiger partial charge >= 0.3 is 11.9 Å². The van der Waals surface area contributed by atoms with Gasteiger partial charge in [0.25, 0.3) is 5.69 Å². The summed E-state index contributed by atoms with van der Waals surface area (Å²) < 4.78 is 10.9. The Kier molecular flexibility index (Phi) is 13.2. The Bertz CT molecular complexity index is 1170. The van der Waals surface area contributed by atoms with Crippen molar-refractivity contribution in [1.82, 2.24) is 15.1 Å². The number of nitro benzene ring substituents is 1. The Hall–Kier alpha value is -3.08. The first kappa shape index (κ1) is 34.9. The molecule has 222 valence electrons. The summed E-state index contributed by atoms with van der Waals surface area (Å²) >= 11 is 0. The Morgan fingerprint density at radius 2 is 1.70 bits per heavy atom. The van der Waals surface area contributed by atoms with Gasteiger partial charge in [-0.15, -0.1) is 24.8 Å². The van der Waals surface area contributed by atoms with Gasteiger partial charge in [0.05, 0.1) is 35.7 Å². The second kappa shape index (κ2) is 15.1. The molecule has 1 aromatic carbocycles. The number of rotatable bonds is 9. The van der Waals surface area contributed by atoms with Crippen LogP contribution in [0.3, 0.4) is 0 Å². The molecule has 0 aliphatic carbocycles. The smallest absolute Gasteiger partial charge is 0.336 e. The van der Waals surface area contributed by atoms with Crippen LogP contribution >= 0.6 is 24.8 Å². The van der Waals surface area contributed by atoms with E-state index in [1.54, 1.807) is 19.9 Å². The third-order valence-corrected chi connectivity index (χ3v) is 6.81. The number of nitro groups is 1. The third-order valence-electron chi connectivity index (χ3n) is 6.81. The van der Waals surface area contributed by atoms with Crippen LogP contribution in [-0.4, -0.2) is 73.1 Å². The molecule has 0 bridgehead atoms. The lowest BCUT2D eigenvalue weighted by Gasteiger charge is -2.38. The maximum Gasteiger partial charge on any atom is 0.336 e. The molecule has 0 saturated carbocycles. The molecule has 1 unspecified atom stereocenters. The Labute approximate surface area is 248 Å². The molecule has 0 aromatic heterocycles. The number of piperazine rings is 1. The van der Waals surface area contributed by atoms with Crippen molar-refractivity contribution >= 4 is 42.4 Å². The number of nitrogens with zero attached hydrogens (tertiary/aromatic N) is 3. The fourth-order valence-electron chi connectivity index (χ4n) is 5.07. The molecule has 1 N–H and O–H groups in total. The van der Waals surface area contributed by atoms with E-state index in [4.69, 9.17) is 9.47 Å². The number of carbonyl (C=O) groups excluding carboxylic acids is 2. The van der Waals surface area contributed by atoms with Crippen LogP contribution in [0.15, 0.2) is 59.1 Å². The minimum Gasteiger partial charge on any atom is -0.466 e. The number of hydrogen-bond donors (Lipinski definition) is 1. The number of dihydropyridines is 1. The fraction of sp³-hybridized carbons (Fsp3) is 0.500. The van der Waals surface area contributed by atoms with Crippen LogP contribution in [-0.2, 0) is 19.1 Å². The van der Waals surface area contributed by atoms with Crippen molar-refractivity contribution in [2.75, 3.05) is 46.4 Å². The number of non-ortho nitro benzene ring substituents is 1. The first-order chi connectivity index (χ1) is 18.0. The molecule has 0 amide bonds. The predicted molar refractivity (Wildman–Crippen MR) is 158 cm³/mol. The average molecular weight is 600 g/mol. The zero-order chi connectivity index (χ0) is 28.0. The number of carbonyl (C=O) groups is 2. The van der Waals surface area contributed by atoms with E-state index in [0.717, 1.165) is 32.7 Å². The second-order valence-corrected chi connectivity index (χ2v) is 10.5. The zero-order valence-corrected chi connectivity index (χ0v) is 25.5. The van der Waals surface area contributed by atoms with Gasteiger partial charge in [0.2, 0.25) is 0 Å². The van der Waals surface area contributed by atoms with E-state index in [1.807, 2.05) is 13.0 Å². The van der Waals surface area contributed by atoms with Crippen LogP contribution in [0.5, 0.6) is 0 Å². The number of allylic oxidation sites excluding steroid dienone is 3. The van der Waals surface area contributed by atoms with Crippen LogP contribution in [0.25, 0.3) is 0 Å². The van der Waals surface area contributed by atoms with E-state index in [-0.39, 0.29) is 53.7 Å². The second-order valence-electron chi connectivity index (χ2n) is 10.5. The molecule has 2 aliphatic heterocycles. The van der Waals surface area contributed by atoms with Crippen molar-refractivity contribution in [3.63, 3.8) is 0 Å². The quantitative estimate of drug-likeness (QED) is 0.248. The number of benzene rings is 1. The molecule has 1 atom stereocenters. The molecule has 12 heteroatoms. The molecule has 10 nitrogen and oxygen atoms in total. The van der Waals surface area contributed by atoms with Gasteiger partial charge in [-0.3, -0.25) is 15.0 Å². The van der Waals surface area contributed by atoms with Gasteiger partial charge in [-0.2, -0.15) is 0 Å². The summed E-state index contributed by atoms with van der Waals surface area (Å²) in [6.45, 7) is 14.3. The Morgan fingerprint density at radius 3 is 2.25 bits per heavy atom. The summed E-state index contributed by atoms with van der Waals surface area (Å²) in [7, 11) is 1.26. The predicted octanol–water partition coefficient (Wildman–Crippen LogP) is 4.57. The van der Waals surface area contributed by atoms with Crippen molar-refractivity contribution in [2.24, 2.45) is 5.41 Å². The van der Waals surface area contributed by atoms with E-state index in [0.29, 0.717) is 17.0 Å². The number of halogens is 2. The molecule has 0 radical (unpaired) electrons. The normalized spacial score (nSPS) is 18.1. The van der Waals surface area contributed by atoms with Gasteiger partial charge in [0.1, 0.15) is 0 Å². The molecule has 3 rings (SSSR count). The van der Waals surface area contributed by atoms with E-state index in [2.05, 4.69) is 35.2 Å². The SMILES string of the molecule is C/C=C\N1CCN(CC(C)(C)COC(=O)C2=C(C)NC(C)=C(C(=O)OC)C2c2cccc([N+](=O)[O-])c2)CC1.Cl.Cl. The average Bonchev–Trinajstić information content (AvgIpc) is 2.87. The number of methoxy groups -OCH3 is 1. The van der Waals surface area contributed by atoms with Crippen LogP contribution in [0.2, 0.25) is 0 Å². The number of hydrogen-bond acceptors (Lipinski definition) is 9.